The number of amides is 2. The van der Waals surface area contributed by atoms with E-state index in [1.165, 1.54) is 17.0 Å². The van der Waals surface area contributed by atoms with Crippen LogP contribution in [0, 0.1) is 5.82 Å². The average molecular weight is 498 g/mol. The lowest BCUT2D eigenvalue weighted by molar-refractivity contribution is -0.140. The molecule has 0 aliphatic carbocycles. The molecule has 2 aromatic carbocycles. The molecule has 0 radical (unpaired) electrons. The summed E-state index contributed by atoms with van der Waals surface area (Å²) in [7, 11) is -3.87. The van der Waals surface area contributed by atoms with Crippen LogP contribution in [0.25, 0.3) is 0 Å². The van der Waals surface area contributed by atoms with Crippen LogP contribution in [0.3, 0.4) is 0 Å². The summed E-state index contributed by atoms with van der Waals surface area (Å²) in [6.45, 7) is 3.62. The molecule has 0 aliphatic rings. The molecule has 0 spiro atoms. The monoisotopic (exact) mass is 497 g/mol. The predicted octanol–water partition coefficient (Wildman–Crippen LogP) is 3.58. The van der Waals surface area contributed by atoms with Gasteiger partial charge in [-0.2, -0.15) is 0 Å². The third-order valence-electron chi connectivity index (χ3n) is 5.03. The Balaban J connectivity index is 2.42. The Morgan fingerprint density at radius 3 is 2.27 bits per heavy atom. The normalized spacial score (nSPS) is 12.2. The smallest absolute Gasteiger partial charge is 0.244 e. The van der Waals surface area contributed by atoms with E-state index in [4.69, 9.17) is 11.6 Å². The van der Waals surface area contributed by atoms with Crippen molar-refractivity contribution in [2.75, 3.05) is 23.7 Å². The summed E-state index contributed by atoms with van der Waals surface area (Å²) in [5.41, 5.74) is 0.773. The molecule has 1 N–H and O–H groups in total. The summed E-state index contributed by atoms with van der Waals surface area (Å²) >= 11 is 6.29. The van der Waals surface area contributed by atoms with E-state index in [1.54, 1.807) is 31.2 Å². The van der Waals surface area contributed by atoms with Gasteiger partial charge in [-0.05, 0) is 48.7 Å². The number of carbonyl (C=O) groups is 2. The van der Waals surface area contributed by atoms with Gasteiger partial charge in [0.2, 0.25) is 21.8 Å². The van der Waals surface area contributed by atoms with Gasteiger partial charge < -0.3 is 10.2 Å². The molecule has 0 aliphatic heterocycles. The lowest BCUT2D eigenvalue weighted by atomic mass is 10.1. The second-order valence-electron chi connectivity index (χ2n) is 7.57. The fraction of sp³-hybridized carbons (Fsp3) is 0.391. The van der Waals surface area contributed by atoms with Gasteiger partial charge in [-0.15, -0.1) is 0 Å². The van der Waals surface area contributed by atoms with Gasteiger partial charge in [0.25, 0.3) is 0 Å². The number of hydrogen-bond acceptors (Lipinski definition) is 4. The molecule has 0 bridgehead atoms. The van der Waals surface area contributed by atoms with Crippen molar-refractivity contribution < 1.29 is 22.4 Å². The van der Waals surface area contributed by atoms with Crippen LogP contribution in [0.2, 0.25) is 5.02 Å². The van der Waals surface area contributed by atoms with Crippen molar-refractivity contribution in [2.45, 2.75) is 39.3 Å². The Labute approximate surface area is 199 Å². The van der Waals surface area contributed by atoms with Gasteiger partial charge in [0.05, 0.1) is 11.9 Å². The first-order valence-electron chi connectivity index (χ1n) is 10.6. The lowest BCUT2D eigenvalue weighted by Gasteiger charge is -2.33. The minimum atomic E-state index is -3.87. The Hall–Kier alpha value is -2.65. The number of anilines is 1. The van der Waals surface area contributed by atoms with Gasteiger partial charge in [-0.3, -0.25) is 13.9 Å². The van der Waals surface area contributed by atoms with Crippen molar-refractivity contribution >= 4 is 39.1 Å². The molecule has 2 rings (SSSR count). The third kappa shape index (κ3) is 7.43. The number of benzene rings is 2. The molecular weight excluding hydrogens is 469 g/mol. The summed E-state index contributed by atoms with van der Waals surface area (Å²) < 4.78 is 39.2. The fourth-order valence-electron chi connectivity index (χ4n) is 3.32. The van der Waals surface area contributed by atoms with E-state index in [-0.39, 0.29) is 18.1 Å². The molecule has 10 heteroatoms. The molecule has 0 saturated heterocycles. The summed E-state index contributed by atoms with van der Waals surface area (Å²) in [5.74, 6) is -1.44. The van der Waals surface area contributed by atoms with E-state index < -0.39 is 34.3 Å². The summed E-state index contributed by atoms with van der Waals surface area (Å²) in [4.78, 5) is 27.6. The van der Waals surface area contributed by atoms with Crippen molar-refractivity contribution in [1.29, 1.82) is 0 Å². The van der Waals surface area contributed by atoms with Gasteiger partial charge in [0.15, 0.2) is 0 Å². The molecule has 0 heterocycles. The second kappa shape index (κ2) is 12.0. The molecule has 33 heavy (non-hydrogen) atoms. The van der Waals surface area contributed by atoms with E-state index in [2.05, 4.69) is 5.32 Å². The number of sulfonamides is 1. The number of carbonyl (C=O) groups excluding carboxylic acids is 2. The highest BCUT2D eigenvalue weighted by molar-refractivity contribution is 7.92. The van der Waals surface area contributed by atoms with Crippen LogP contribution < -0.4 is 9.62 Å². The van der Waals surface area contributed by atoms with Crippen molar-refractivity contribution in [3.8, 4) is 0 Å². The molecule has 0 saturated carbocycles. The maximum atomic E-state index is 13.5. The SMILES string of the molecule is CCCNC(=O)[C@H](CC)N(Cc1ccccc1Cl)C(=O)CN(c1ccc(F)cc1)S(C)(=O)=O. The van der Waals surface area contributed by atoms with Gasteiger partial charge in [0.1, 0.15) is 18.4 Å². The van der Waals surface area contributed by atoms with E-state index in [0.29, 0.717) is 23.6 Å². The van der Waals surface area contributed by atoms with Crippen LogP contribution in [-0.4, -0.2) is 50.5 Å². The molecule has 1 atom stereocenters. The first kappa shape index (κ1) is 26.6. The Morgan fingerprint density at radius 1 is 1.09 bits per heavy atom. The largest absolute Gasteiger partial charge is 0.354 e. The zero-order valence-electron chi connectivity index (χ0n) is 18.9. The first-order valence-corrected chi connectivity index (χ1v) is 12.8. The zero-order valence-corrected chi connectivity index (χ0v) is 20.5. The van der Waals surface area contributed by atoms with E-state index in [0.717, 1.165) is 29.1 Å². The summed E-state index contributed by atoms with van der Waals surface area (Å²) in [6.07, 6.45) is 2.02. The van der Waals surface area contributed by atoms with Crippen LogP contribution in [-0.2, 0) is 26.2 Å². The van der Waals surface area contributed by atoms with E-state index in [1.807, 2.05) is 6.92 Å². The predicted molar refractivity (Wildman–Crippen MR) is 128 cm³/mol. The molecule has 0 unspecified atom stereocenters. The first-order chi connectivity index (χ1) is 15.6. The number of hydrogen-bond donors (Lipinski definition) is 1. The Bertz CT molecular complexity index is 1060. The second-order valence-corrected chi connectivity index (χ2v) is 9.89. The van der Waals surface area contributed by atoms with Gasteiger partial charge in [-0.1, -0.05) is 43.6 Å². The highest BCUT2D eigenvalue weighted by Crippen LogP contribution is 2.22. The molecule has 2 amide bonds. The van der Waals surface area contributed by atoms with Crippen LogP contribution in [0.5, 0.6) is 0 Å². The Morgan fingerprint density at radius 2 is 1.73 bits per heavy atom. The lowest BCUT2D eigenvalue weighted by Crippen LogP contribution is -2.52. The molecule has 2 aromatic rings. The average Bonchev–Trinajstić information content (AvgIpc) is 2.77. The van der Waals surface area contributed by atoms with Gasteiger partial charge >= 0.3 is 0 Å². The molecule has 7 nitrogen and oxygen atoms in total. The zero-order chi connectivity index (χ0) is 24.6. The van der Waals surface area contributed by atoms with Crippen LogP contribution in [0.15, 0.2) is 48.5 Å². The Kier molecular flexibility index (Phi) is 9.67. The number of rotatable bonds is 11. The minimum Gasteiger partial charge on any atom is -0.354 e. The van der Waals surface area contributed by atoms with Crippen LogP contribution >= 0.6 is 11.6 Å². The van der Waals surface area contributed by atoms with Crippen molar-refractivity contribution in [3.05, 3.63) is 64.9 Å². The van der Waals surface area contributed by atoms with Crippen LogP contribution in [0.1, 0.15) is 32.3 Å². The van der Waals surface area contributed by atoms with Crippen molar-refractivity contribution in [3.63, 3.8) is 0 Å². The molecular formula is C23H29ClFN3O4S. The molecule has 0 fully saturated rings. The maximum Gasteiger partial charge on any atom is 0.244 e. The highest BCUT2D eigenvalue weighted by Gasteiger charge is 2.31. The molecule has 180 valence electrons. The third-order valence-corrected chi connectivity index (χ3v) is 6.54. The summed E-state index contributed by atoms with van der Waals surface area (Å²) in [5, 5.41) is 3.23. The van der Waals surface area contributed by atoms with Gasteiger partial charge in [0, 0.05) is 18.1 Å². The number of nitrogens with one attached hydrogen (secondary N) is 1. The maximum absolute atomic E-state index is 13.5. The fourth-order valence-corrected chi connectivity index (χ4v) is 4.36. The van der Waals surface area contributed by atoms with Crippen molar-refractivity contribution in [1.82, 2.24) is 10.2 Å². The standard InChI is InChI=1S/C23H29ClFN3O4S/c1-4-14-26-23(30)21(5-2)27(15-17-8-6-7-9-20(17)24)22(29)16-28(33(3,31)32)19-12-10-18(25)11-13-19/h6-13,21H,4-5,14-16H2,1-3H3,(H,26,30)/t21-/m0/s1. The topological polar surface area (TPSA) is 86.8 Å². The van der Waals surface area contributed by atoms with E-state index in [9.17, 15) is 22.4 Å². The van der Waals surface area contributed by atoms with Crippen molar-refractivity contribution in [2.24, 2.45) is 0 Å². The number of halogens is 2. The highest BCUT2D eigenvalue weighted by atomic mass is 35.5. The number of nitrogens with zero attached hydrogens (tertiary/aromatic N) is 2. The summed E-state index contributed by atoms with van der Waals surface area (Å²) in [6, 6.07) is 10.9. The minimum absolute atomic E-state index is 0.0254. The molecule has 0 aromatic heterocycles. The van der Waals surface area contributed by atoms with E-state index >= 15 is 0 Å². The van der Waals surface area contributed by atoms with Crippen LogP contribution in [0.4, 0.5) is 10.1 Å². The quantitative estimate of drug-likeness (QED) is 0.514. The van der Waals surface area contributed by atoms with Gasteiger partial charge in [-0.25, -0.2) is 12.8 Å².